The molecule has 1 saturated heterocycles. The molecule has 1 fully saturated rings. The number of hydrogen-bond acceptors (Lipinski definition) is 5. The highest BCUT2D eigenvalue weighted by Gasteiger charge is 2.30. The zero-order chi connectivity index (χ0) is 16.4. The third-order valence-corrected chi connectivity index (χ3v) is 6.09. The quantitative estimate of drug-likeness (QED) is 0.848. The normalized spacial score (nSPS) is 17.3. The van der Waals surface area contributed by atoms with Crippen LogP contribution in [0.1, 0.15) is 24.4 Å². The molecule has 1 aliphatic rings. The van der Waals surface area contributed by atoms with Gasteiger partial charge in [0.05, 0.1) is 30.4 Å². The molecule has 0 N–H and O–H groups in total. The van der Waals surface area contributed by atoms with E-state index in [1.165, 1.54) is 4.31 Å². The molecule has 0 atom stereocenters. The molecular weight excluding hydrogens is 316 g/mol. The fourth-order valence-corrected chi connectivity index (χ4v) is 4.44. The second-order valence-electron chi connectivity index (χ2n) is 5.62. The van der Waals surface area contributed by atoms with Gasteiger partial charge in [0.2, 0.25) is 10.0 Å². The molecule has 1 aliphatic heterocycles. The lowest BCUT2D eigenvalue weighted by molar-refractivity contribution is 0.245. The minimum atomic E-state index is -3.47. The molecule has 2 aromatic rings. The summed E-state index contributed by atoms with van der Waals surface area (Å²) >= 11 is 0. The van der Waals surface area contributed by atoms with E-state index in [2.05, 4.69) is 10.2 Å². The summed E-state index contributed by atoms with van der Waals surface area (Å²) in [7, 11) is -1.90. The minimum Gasteiger partial charge on any atom is -0.496 e. The van der Waals surface area contributed by atoms with Crippen molar-refractivity contribution in [2.45, 2.75) is 30.7 Å². The first-order valence-corrected chi connectivity index (χ1v) is 8.97. The van der Waals surface area contributed by atoms with Gasteiger partial charge in [-0.2, -0.15) is 19.3 Å². The summed E-state index contributed by atoms with van der Waals surface area (Å²) < 4.78 is 32.3. The Bertz CT molecular complexity index is 766. The molecule has 0 spiro atoms. The molecule has 1 aromatic heterocycles. The van der Waals surface area contributed by atoms with Crippen molar-refractivity contribution in [1.82, 2.24) is 19.3 Å². The number of aryl methyl sites for hydroxylation is 1. The summed E-state index contributed by atoms with van der Waals surface area (Å²) in [5, 5.41) is 8.28. The van der Waals surface area contributed by atoms with E-state index in [1.54, 1.807) is 42.5 Å². The van der Waals surface area contributed by atoms with E-state index >= 15 is 0 Å². The number of sulfonamides is 1. The molecular formula is C15H20N4O3S. The molecule has 0 unspecified atom stereocenters. The van der Waals surface area contributed by atoms with Crippen LogP contribution in [0.4, 0.5) is 0 Å². The first kappa shape index (κ1) is 15.9. The maximum absolute atomic E-state index is 12.8. The predicted octanol–water partition coefficient (Wildman–Crippen LogP) is 1.62. The van der Waals surface area contributed by atoms with Gasteiger partial charge in [0.25, 0.3) is 0 Å². The van der Waals surface area contributed by atoms with Gasteiger partial charge in [-0.15, -0.1) is 0 Å². The van der Waals surface area contributed by atoms with Gasteiger partial charge < -0.3 is 4.74 Å². The Hall–Kier alpha value is -1.93. The van der Waals surface area contributed by atoms with Crippen molar-refractivity contribution in [1.29, 1.82) is 0 Å². The number of benzene rings is 1. The van der Waals surface area contributed by atoms with Gasteiger partial charge in [0.15, 0.2) is 0 Å². The molecule has 3 rings (SSSR count). The lowest BCUT2D eigenvalue weighted by atomic mass is 10.1. The van der Waals surface area contributed by atoms with Crippen molar-refractivity contribution in [3.63, 3.8) is 0 Å². The Morgan fingerprint density at radius 2 is 1.83 bits per heavy atom. The largest absolute Gasteiger partial charge is 0.496 e. The molecule has 7 nitrogen and oxygen atoms in total. The van der Waals surface area contributed by atoms with Crippen molar-refractivity contribution in [3.8, 4) is 5.75 Å². The first-order chi connectivity index (χ1) is 11.0. The zero-order valence-corrected chi connectivity index (χ0v) is 14.0. The fraction of sp³-hybridized carbons (Fsp3) is 0.467. The van der Waals surface area contributed by atoms with Crippen molar-refractivity contribution in [2.24, 2.45) is 0 Å². The van der Waals surface area contributed by atoms with E-state index < -0.39 is 10.0 Å². The van der Waals surface area contributed by atoms with Crippen molar-refractivity contribution in [3.05, 3.63) is 36.2 Å². The number of ether oxygens (including phenoxy) is 1. The lowest BCUT2D eigenvalue weighted by Crippen LogP contribution is -2.39. The number of aromatic nitrogens is 3. The zero-order valence-electron chi connectivity index (χ0n) is 13.2. The third kappa shape index (κ3) is 3.09. The average molecular weight is 336 g/mol. The Morgan fingerprint density at radius 3 is 2.39 bits per heavy atom. The van der Waals surface area contributed by atoms with Crippen LogP contribution in [0.2, 0.25) is 0 Å². The van der Waals surface area contributed by atoms with Crippen LogP contribution in [-0.4, -0.2) is 47.9 Å². The molecule has 0 amide bonds. The van der Waals surface area contributed by atoms with Crippen molar-refractivity contribution >= 4 is 10.0 Å². The van der Waals surface area contributed by atoms with Gasteiger partial charge in [-0.25, -0.2) is 8.42 Å². The summed E-state index contributed by atoms with van der Waals surface area (Å²) in [4.78, 5) is 1.98. The second kappa shape index (κ2) is 6.29. The van der Waals surface area contributed by atoms with Crippen LogP contribution in [-0.2, 0) is 10.0 Å². The van der Waals surface area contributed by atoms with Crippen LogP contribution in [0, 0.1) is 6.92 Å². The molecule has 2 heterocycles. The Kier molecular flexibility index (Phi) is 4.36. The topological polar surface area (TPSA) is 77.3 Å². The van der Waals surface area contributed by atoms with Crippen LogP contribution in [0.25, 0.3) is 0 Å². The number of rotatable bonds is 4. The second-order valence-corrected chi connectivity index (χ2v) is 7.55. The molecule has 0 aliphatic carbocycles. The van der Waals surface area contributed by atoms with Crippen molar-refractivity contribution in [2.75, 3.05) is 20.2 Å². The molecule has 1 aromatic carbocycles. The number of piperidine rings is 1. The summed E-state index contributed by atoms with van der Waals surface area (Å²) in [5.74, 6) is 0.687. The van der Waals surface area contributed by atoms with Crippen LogP contribution >= 0.6 is 0 Å². The average Bonchev–Trinajstić information content (AvgIpc) is 3.09. The van der Waals surface area contributed by atoms with E-state index in [1.807, 2.05) is 6.92 Å². The summed E-state index contributed by atoms with van der Waals surface area (Å²) in [6.45, 7) is 2.78. The van der Waals surface area contributed by atoms with Crippen LogP contribution < -0.4 is 4.74 Å². The summed E-state index contributed by atoms with van der Waals surface area (Å²) in [6.07, 6.45) is 4.71. The van der Waals surface area contributed by atoms with E-state index in [4.69, 9.17) is 4.74 Å². The van der Waals surface area contributed by atoms with Crippen LogP contribution in [0.5, 0.6) is 5.75 Å². The summed E-state index contributed by atoms with van der Waals surface area (Å²) in [5.41, 5.74) is 0.809. The highest BCUT2D eigenvalue weighted by Crippen LogP contribution is 2.28. The van der Waals surface area contributed by atoms with Gasteiger partial charge >= 0.3 is 0 Å². The van der Waals surface area contributed by atoms with Gasteiger partial charge in [-0.1, -0.05) is 0 Å². The number of nitrogens with zero attached hydrogens (tertiary/aromatic N) is 4. The maximum Gasteiger partial charge on any atom is 0.243 e. The standard InChI is InChI=1S/C15H20N4O3S/c1-12-11-14(3-4-15(12)22-2)23(20,21)18-9-5-13(6-10-18)19-16-7-8-17-19/h3-4,7-8,11,13H,5-6,9-10H2,1-2H3. The molecule has 124 valence electrons. The van der Waals surface area contributed by atoms with Gasteiger partial charge in [-0.05, 0) is 43.5 Å². The molecule has 0 bridgehead atoms. The smallest absolute Gasteiger partial charge is 0.243 e. The van der Waals surface area contributed by atoms with Crippen LogP contribution in [0.3, 0.4) is 0 Å². The molecule has 0 radical (unpaired) electrons. The predicted molar refractivity (Wildman–Crippen MR) is 84.8 cm³/mol. The Morgan fingerprint density at radius 1 is 1.17 bits per heavy atom. The van der Waals surface area contributed by atoms with E-state index in [9.17, 15) is 8.42 Å². The SMILES string of the molecule is COc1ccc(S(=O)(=O)N2CCC(n3nccn3)CC2)cc1C. The fourth-order valence-electron chi connectivity index (χ4n) is 2.89. The molecule has 23 heavy (non-hydrogen) atoms. The van der Waals surface area contributed by atoms with E-state index in [0.29, 0.717) is 36.6 Å². The van der Waals surface area contributed by atoms with Gasteiger partial charge in [0, 0.05) is 13.1 Å². The van der Waals surface area contributed by atoms with Crippen LogP contribution in [0.15, 0.2) is 35.5 Å². The number of hydrogen-bond donors (Lipinski definition) is 0. The molecule has 8 heteroatoms. The van der Waals surface area contributed by atoms with E-state index in [-0.39, 0.29) is 6.04 Å². The maximum atomic E-state index is 12.8. The van der Waals surface area contributed by atoms with Gasteiger partial charge in [0.1, 0.15) is 5.75 Å². The lowest BCUT2D eigenvalue weighted by Gasteiger charge is -2.30. The Balaban J connectivity index is 1.75. The first-order valence-electron chi connectivity index (χ1n) is 7.53. The Labute approximate surface area is 135 Å². The monoisotopic (exact) mass is 336 g/mol. The van der Waals surface area contributed by atoms with E-state index in [0.717, 1.165) is 5.56 Å². The number of methoxy groups -OCH3 is 1. The molecule has 0 saturated carbocycles. The highest BCUT2D eigenvalue weighted by atomic mass is 32.2. The summed E-state index contributed by atoms with van der Waals surface area (Å²) in [6, 6.07) is 5.12. The highest BCUT2D eigenvalue weighted by molar-refractivity contribution is 7.89. The van der Waals surface area contributed by atoms with Gasteiger partial charge in [-0.3, -0.25) is 0 Å². The van der Waals surface area contributed by atoms with Crippen molar-refractivity contribution < 1.29 is 13.2 Å². The minimum absolute atomic E-state index is 0.161. The third-order valence-electron chi connectivity index (χ3n) is 4.19.